The predicted molar refractivity (Wildman–Crippen MR) is 92.6 cm³/mol. The fourth-order valence-corrected chi connectivity index (χ4v) is 2.96. The SMILES string of the molecule is Cc1cccc(N2CC[C@H](C(=O)NCCc3ccccn3)C2=O)c1. The Hall–Kier alpha value is -2.69. The fourth-order valence-electron chi connectivity index (χ4n) is 2.96. The highest BCUT2D eigenvalue weighted by Crippen LogP contribution is 2.25. The summed E-state index contributed by atoms with van der Waals surface area (Å²) in [6.45, 7) is 3.07. The Balaban J connectivity index is 1.55. The molecule has 1 aromatic heterocycles. The number of amides is 2. The van der Waals surface area contributed by atoms with Crippen LogP contribution in [0.25, 0.3) is 0 Å². The maximum Gasteiger partial charge on any atom is 0.239 e. The molecule has 0 spiro atoms. The van der Waals surface area contributed by atoms with Crippen LogP contribution in [0.5, 0.6) is 0 Å². The van der Waals surface area contributed by atoms with Crippen LogP contribution in [0.4, 0.5) is 5.69 Å². The monoisotopic (exact) mass is 323 g/mol. The molecule has 1 aliphatic rings. The van der Waals surface area contributed by atoms with E-state index < -0.39 is 5.92 Å². The first-order valence-corrected chi connectivity index (χ1v) is 8.21. The zero-order valence-corrected chi connectivity index (χ0v) is 13.7. The molecule has 0 saturated carbocycles. The van der Waals surface area contributed by atoms with Gasteiger partial charge in [-0.25, -0.2) is 0 Å². The van der Waals surface area contributed by atoms with Crippen LogP contribution in [-0.2, 0) is 16.0 Å². The lowest BCUT2D eigenvalue weighted by Crippen LogP contribution is -2.37. The van der Waals surface area contributed by atoms with E-state index >= 15 is 0 Å². The molecule has 2 amide bonds. The predicted octanol–water partition coefficient (Wildman–Crippen LogP) is 2.10. The first-order chi connectivity index (χ1) is 11.6. The lowest BCUT2D eigenvalue weighted by Gasteiger charge is -2.17. The summed E-state index contributed by atoms with van der Waals surface area (Å²) >= 11 is 0. The van der Waals surface area contributed by atoms with E-state index in [1.54, 1.807) is 11.1 Å². The summed E-state index contributed by atoms with van der Waals surface area (Å²) in [6.07, 6.45) is 2.95. The van der Waals surface area contributed by atoms with Gasteiger partial charge in [-0.05, 0) is 43.2 Å². The van der Waals surface area contributed by atoms with Gasteiger partial charge < -0.3 is 10.2 Å². The normalized spacial score (nSPS) is 17.1. The lowest BCUT2D eigenvalue weighted by molar-refractivity contribution is -0.132. The van der Waals surface area contributed by atoms with Crippen molar-refractivity contribution in [2.45, 2.75) is 19.8 Å². The van der Waals surface area contributed by atoms with E-state index in [9.17, 15) is 9.59 Å². The maximum atomic E-state index is 12.5. The van der Waals surface area contributed by atoms with Crippen LogP contribution >= 0.6 is 0 Å². The van der Waals surface area contributed by atoms with Gasteiger partial charge in [0.05, 0.1) is 0 Å². The van der Waals surface area contributed by atoms with Gasteiger partial charge in [-0.3, -0.25) is 14.6 Å². The van der Waals surface area contributed by atoms with Crippen LogP contribution in [0, 0.1) is 12.8 Å². The zero-order valence-electron chi connectivity index (χ0n) is 13.7. The fraction of sp³-hybridized carbons (Fsp3) is 0.316. The number of benzene rings is 1. The Morgan fingerprint density at radius 3 is 2.92 bits per heavy atom. The molecule has 2 aromatic rings. The molecule has 124 valence electrons. The molecule has 3 rings (SSSR count). The van der Waals surface area contributed by atoms with E-state index in [1.165, 1.54) is 0 Å². The van der Waals surface area contributed by atoms with E-state index in [4.69, 9.17) is 0 Å². The number of hydrogen-bond acceptors (Lipinski definition) is 3. The van der Waals surface area contributed by atoms with E-state index in [0.29, 0.717) is 25.9 Å². The van der Waals surface area contributed by atoms with Crippen LogP contribution in [0.15, 0.2) is 48.7 Å². The van der Waals surface area contributed by atoms with Gasteiger partial charge in [0.2, 0.25) is 11.8 Å². The van der Waals surface area contributed by atoms with Crippen molar-refractivity contribution in [2.24, 2.45) is 5.92 Å². The van der Waals surface area contributed by atoms with Gasteiger partial charge in [-0.2, -0.15) is 0 Å². The van der Waals surface area contributed by atoms with E-state index in [-0.39, 0.29) is 11.8 Å². The first-order valence-electron chi connectivity index (χ1n) is 8.21. The lowest BCUT2D eigenvalue weighted by atomic mass is 10.1. The van der Waals surface area contributed by atoms with Crippen molar-refractivity contribution in [1.29, 1.82) is 0 Å². The number of aromatic nitrogens is 1. The van der Waals surface area contributed by atoms with Gasteiger partial charge >= 0.3 is 0 Å². The standard InChI is InChI=1S/C19H21N3O2/c1-14-5-4-7-16(13-14)22-12-9-17(19(22)24)18(23)21-11-8-15-6-2-3-10-20-15/h2-7,10,13,17H,8-9,11-12H2,1H3,(H,21,23)/t17-/m1/s1. The third-order valence-electron chi connectivity index (χ3n) is 4.24. The Labute approximate surface area is 141 Å². The number of carbonyl (C=O) groups excluding carboxylic acids is 2. The largest absolute Gasteiger partial charge is 0.355 e. The van der Waals surface area contributed by atoms with Crippen molar-refractivity contribution < 1.29 is 9.59 Å². The topological polar surface area (TPSA) is 62.3 Å². The molecule has 2 heterocycles. The molecule has 24 heavy (non-hydrogen) atoms. The highest BCUT2D eigenvalue weighted by molar-refractivity contribution is 6.09. The summed E-state index contributed by atoms with van der Waals surface area (Å²) < 4.78 is 0. The number of aryl methyl sites for hydroxylation is 1. The minimum Gasteiger partial charge on any atom is -0.355 e. The highest BCUT2D eigenvalue weighted by Gasteiger charge is 2.37. The Morgan fingerprint density at radius 1 is 1.29 bits per heavy atom. The number of hydrogen-bond donors (Lipinski definition) is 1. The highest BCUT2D eigenvalue weighted by atomic mass is 16.2. The summed E-state index contributed by atoms with van der Waals surface area (Å²) in [5, 5.41) is 2.86. The van der Waals surface area contributed by atoms with Crippen molar-refractivity contribution in [2.75, 3.05) is 18.0 Å². The van der Waals surface area contributed by atoms with Gasteiger partial charge in [-0.1, -0.05) is 18.2 Å². The van der Waals surface area contributed by atoms with Crippen LogP contribution in [0.1, 0.15) is 17.7 Å². The summed E-state index contributed by atoms with van der Waals surface area (Å²) in [5.74, 6) is -0.892. The number of anilines is 1. The molecule has 0 radical (unpaired) electrons. The molecule has 1 N–H and O–H groups in total. The van der Waals surface area contributed by atoms with Crippen molar-refractivity contribution in [3.8, 4) is 0 Å². The van der Waals surface area contributed by atoms with E-state index in [1.807, 2.05) is 49.4 Å². The van der Waals surface area contributed by atoms with Crippen LogP contribution in [-0.4, -0.2) is 29.9 Å². The van der Waals surface area contributed by atoms with Gasteiger partial charge in [-0.15, -0.1) is 0 Å². The van der Waals surface area contributed by atoms with Gasteiger partial charge in [0, 0.05) is 37.1 Å². The third-order valence-corrected chi connectivity index (χ3v) is 4.24. The first kappa shape index (κ1) is 16.2. The molecule has 1 aromatic carbocycles. The summed E-state index contributed by atoms with van der Waals surface area (Å²) in [4.78, 5) is 30.8. The number of rotatable bonds is 5. The summed E-state index contributed by atoms with van der Waals surface area (Å²) in [5.41, 5.74) is 2.89. The van der Waals surface area contributed by atoms with Crippen molar-refractivity contribution >= 4 is 17.5 Å². The second kappa shape index (κ2) is 7.25. The quantitative estimate of drug-likeness (QED) is 0.857. The molecule has 0 aliphatic carbocycles. The summed E-state index contributed by atoms with van der Waals surface area (Å²) in [7, 11) is 0. The number of nitrogens with zero attached hydrogens (tertiary/aromatic N) is 2. The van der Waals surface area contributed by atoms with Gasteiger partial charge in [0.15, 0.2) is 0 Å². The molecular formula is C19H21N3O2. The number of pyridine rings is 1. The van der Waals surface area contributed by atoms with Crippen molar-refractivity contribution in [3.63, 3.8) is 0 Å². The van der Waals surface area contributed by atoms with Crippen LogP contribution < -0.4 is 10.2 Å². The zero-order chi connectivity index (χ0) is 16.9. The van der Waals surface area contributed by atoms with Crippen molar-refractivity contribution in [3.05, 3.63) is 59.9 Å². The molecule has 1 atom stereocenters. The Bertz CT molecular complexity index is 730. The second-order valence-electron chi connectivity index (χ2n) is 6.03. The van der Waals surface area contributed by atoms with Crippen LogP contribution in [0.2, 0.25) is 0 Å². The second-order valence-corrected chi connectivity index (χ2v) is 6.03. The Morgan fingerprint density at radius 2 is 2.17 bits per heavy atom. The van der Waals surface area contributed by atoms with Gasteiger partial charge in [0.25, 0.3) is 0 Å². The average molecular weight is 323 g/mol. The molecule has 0 unspecified atom stereocenters. The molecule has 5 heteroatoms. The molecular weight excluding hydrogens is 302 g/mol. The molecule has 1 saturated heterocycles. The van der Waals surface area contributed by atoms with Crippen molar-refractivity contribution in [1.82, 2.24) is 10.3 Å². The molecule has 5 nitrogen and oxygen atoms in total. The van der Waals surface area contributed by atoms with Crippen LogP contribution in [0.3, 0.4) is 0 Å². The molecule has 0 bridgehead atoms. The van der Waals surface area contributed by atoms with E-state index in [2.05, 4.69) is 10.3 Å². The smallest absolute Gasteiger partial charge is 0.239 e. The molecule has 1 aliphatic heterocycles. The minimum atomic E-state index is -0.589. The van der Waals surface area contributed by atoms with Gasteiger partial charge in [0.1, 0.15) is 5.92 Å². The number of nitrogens with one attached hydrogen (secondary N) is 1. The summed E-state index contributed by atoms with van der Waals surface area (Å²) in [6, 6.07) is 13.5. The maximum absolute atomic E-state index is 12.5. The average Bonchev–Trinajstić information content (AvgIpc) is 2.97. The third kappa shape index (κ3) is 3.62. The number of carbonyl (C=O) groups is 2. The minimum absolute atomic E-state index is 0.115. The Kier molecular flexibility index (Phi) is 4.89. The van der Waals surface area contributed by atoms with E-state index in [0.717, 1.165) is 16.9 Å². The molecule has 1 fully saturated rings.